The zero-order chi connectivity index (χ0) is 35.5. The van der Waals surface area contributed by atoms with E-state index >= 15 is 0 Å². The van der Waals surface area contributed by atoms with Crippen LogP contribution in [-0.2, 0) is 14.3 Å². The third-order valence-electron chi connectivity index (χ3n) is 9.35. The quantitative estimate of drug-likeness (QED) is 0.0192. The molecule has 0 saturated heterocycles. The minimum absolute atomic E-state index is 0.0706. The van der Waals surface area contributed by atoms with Gasteiger partial charge in [0.05, 0.1) is 12.1 Å². The van der Waals surface area contributed by atoms with Crippen molar-refractivity contribution in [1.82, 2.24) is 5.32 Å². The van der Waals surface area contributed by atoms with Gasteiger partial charge >= 0.3 is 5.97 Å². The number of nitrogens with two attached hydrogens (primary N) is 3. The normalized spacial score (nSPS) is 13.2. The summed E-state index contributed by atoms with van der Waals surface area (Å²) in [4.78, 5) is 29.5. The van der Waals surface area contributed by atoms with E-state index in [1.54, 1.807) is 0 Å². The zero-order valence-corrected chi connectivity index (χ0v) is 31.5. The highest BCUT2D eigenvalue weighted by atomic mass is 16.5. The molecule has 0 aliphatic carbocycles. The van der Waals surface area contributed by atoms with Gasteiger partial charge in [0.25, 0.3) is 0 Å². The zero-order valence-electron chi connectivity index (χ0n) is 31.5. The number of amides is 1. The number of aliphatic hydroxyl groups is 1. The van der Waals surface area contributed by atoms with Gasteiger partial charge in [-0.05, 0) is 19.3 Å². The Morgan fingerprint density at radius 2 is 1.02 bits per heavy atom. The second-order valence-electron chi connectivity index (χ2n) is 14.1. The lowest BCUT2D eigenvalue weighted by Gasteiger charge is -2.21. The molecule has 0 aromatic carbocycles. The van der Waals surface area contributed by atoms with Gasteiger partial charge in [-0.1, -0.05) is 174 Å². The lowest BCUT2D eigenvalue weighted by atomic mass is 10.0. The third-order valence-corrected chi connectivity index (χ3v) is 9.35. The Hall–Kier alpha value is -1.87. The van der Waals surface area contributed by atoms with E-state index in [9.17, 15) is 14.7 Å². The topological polar surface area (TPSA) is 166 Å². The molecule has 0 fully saturated rings. The fourth-order valence-electron chi connectivity index (χ4n) is 6.12. The van der Waals surface area contributed by atoms with Crippen LogP contribution in [0.2, 0.25) is 0 Å². The van der Waals surface area contributed by atoms with Crippen molar-refractivity contribution in [2.24, 2.45) is 22.2 Å². The lowest BCUT2D eigenvalue weighted by Crippen LogP contribution is -2.45. The third kappa shape index (κ3) is 31.4. The summed E-state index contributed by atoms with van der Waals surface area (Å²) >= 11 is 0. The van der Waals surface area contributed by atoms with Crippen molar-refractivity contribution in [3.8, 4) is 0 Å². The van der Waals surface area contributed by atoms with Crippen LogP contribution in [0.4, 0.5) is 0 Å². The van der Waals surface area contributed by atoms with E-state index in [-0.39, 0.29) is 31.4 Å². The Balaban J connectivity index is 4.15. The van der Waals surface area contributed by atoms with Crippen LogP contribution < -0.4 is 22.5 Å². The van der Waals surface area contributed by atoms with Gasteiger partial charge in [0.2, 0.25) is 5.91 Å². The van der Waals surface area contributed by atoms with Gasteiger partial charge < -0.3 is 32.4 Å². The van der Waals surface area contributed by atoms with Crippen molar-refractivity contribution < 1.29 is 19.4 Å². The van der Waals surface area contributed by atoms with Gasteiger partial charge in [-0.2, -0.15) is 0 Å². The van der Waals surface area contributed by atoms with Crippen molar-refractivity contribution in [3.05, 3.63) is 0 Å². The molecular weight excluding hydrogens is 602 g/mol. The molecule has 0 bridgehead atoms. The predicted molar refractivity (Wildman–Crippen MR) is 203 cm³/mol. The SMILES string of the molecule is CCCCCCCCCCCCCCCC(=O)NC(CCN=C(N)N)C(=O)OC[C@H](N)[C@H](O)CCCCCCCCCCCCCCC. The largest absolute Gasteiger partial charge is 0.462 e. The number of aliphatic imine (C=N–C) groups is 1. The summed E-state index contributed by atoms with van der Waals surface area (Å²) in [7, 11) is 0. The molecule has 0 heterocycles. The molecule has 0 aromatic heterocycles. The fourth-order valence-corrected chi connectivity index (χ4v) is 6.12. The van der Waals surface area contributed by atoms with Gasteiger partial charge in [-0.25, -0.2) is 4.79 Å². The molecule has 0 aromatic rings. The first-order chi connectivity index (χ1) is 23.3. The van der Waals surface area contributed by atoms with Gasteiger partial charge in [0.15, 0.2) is 5.96 Å². The van der Waals surface area contributed by atoms with Crippen molar-refractivity contribution in [2.45, 2.75) is 218 Å². The average molecular weight is 682 g/mol. The van der Waals surface area contributed by atoms with Gasteiger partial charge in [0.1, 0.15) is 12.6 Å². The number of nitrogens with one attached hydrogen (secondary N) is 1. The van der Waals surface area contributed by atoms with Crippen LogP contribution in [0.15, 0.2) is 4.99 Å². The maximum absolute atomic E-state index is 12.9. The van der Waals surface area contributed by atoms with Crippen LogP contribution in [0, 0.1) is 0 Å². The highest BCUT2D eigenvalue weighted by Crippen LogP contribution is 2.15. The fraction of sp³-hybridized carbons (Fsp3) is 0.923. The monoisotopic (exact) mass is 682 g/mol. The number of carbonyl (C=O) groups excluding carboxylic acids is 2. The standard InChI is InChI=1S/C39H79N5O4/c1-3-5-7-9-11-13-15-17-19-21-23-25-27-29-36(45)34(40)33-48-38(47)35(31-32-43-39(41)42)44-37(46)30-28-26-24-22-20-18-16-14-12-10-8-6-4-2/h34-36,45H,3-33,40H2,1-2H3,(H,44,46)(H4,41,42,43)/t34-,35?,36+/m0/s1. The molecule has 9 heteroatoms. The summed E-state index contributed by atoms with van der Waals surface area (Å²) in [6, 6.07) is -1.54. The Kier molecular flexibility index (Phi) is 33.6. The molecule has 0 spiro atoms. The minimum atomic E-state index is -0.868. The number of rotatable bonds is 36. The number of unbranched alkanes of at least 4 members (excludes halogenated alkanes) is 24. The van der Waals surface area contributed by atoms with E-state index in [1.807, 2.05) is 0 Å². The number of nitrogens with zero attached hydrogens (tertiary/aromatic N) is 1. The second kappa shape index (κ2) is 35.0. The van der Waals surface area contributed by atoms with E-state index in [0.717, 1.165) is 32.1 Å². The number of hydrogen-bond acceptors (Lipinski definition) is 6. The van der Waals surface area contributed by atoms with Crippen LogP contribution in [0.3, 0.4) is 0 Å². The second-order valence-corrected chi connectivity index (χ2v) is 14.1. The average Bonchev–Trinajstić information content (AvgIpc) is 3.06. The minimum Gasteiger partial charge on any atom is -0.462 e. The molecule has 284 valence electrons. The van der Waals surface area contributed by atoms with Gasteiger partial charge in [-0.3, -0.25) is 9.79 Å². The highest BCUT2D eigenvalue weighted by Gasteiger charge is 2.24. The van der Waals surface area contributed by atoms with Crippen molar-refractivity contribution in [3.63, 3.8) is 0 Å². The van der Waals surface area contributed by atoms with Crippen LogP contribution >= 0.6 is 0 Å². The maximum Gasteiger partial charge on any atom is 0.328 e. The summed E-state index contributed by atoms with van der Waals surface area (Å²) in [5.41, 5.74) is 17.0. The number of esters is 1. The Labute approximate surface area is 295 Å². The molecule has 48 heavy (non-hydrogen) atoms. The molecule has 3 atom stereocenters. The Bertz CT molecular complexity index is 763. The molecule has 8 N–H and O–H groups in total. The van der Waals surface area contributed by atoms with E-state index in [4.69, 9.17) is 21.9 Å². The number of guanidine groups is 1. The number of hydrogen-bond donors (Lipinski definition) is 5. The highest BCUT2D eigenvalue weighted by molar-refractivity contribution is 5.84. The van der Waals surface area contributed by atoms with Crippen LogP contribution in [-0.4, -0.2) is 54.3 Å². The number of aliphatic hydroxyl groups excluding tert-OH is 1. The molecule has 1 amide bonds. The first-order valence-electron chi connectivity index (χ1n) is 20.3. The molecule has 1 unspecified atom stereocenters. The predicted octanol–water partition coefficient (Wildman–Crippen LogP) is 8.33. The van der Waals surface area contributed by atoms with Gasteiger partial charge in [-0.15, -0.1) is 0 Å². The summed E-state index contributed by atoms with van der Waals surface area (Å²) in [5, 5.41) is 13.3. The summed E-state index contributed by atoms with van der Waals surface area (Å²) < 4.78 is 5.44. The van der Waals surface area contributed by atoms with Gasteiger partial charge in [0, 0.05) is 13.0 Å². The smallest absolute Gasteiger partial charge is 0.328 e. The molecule has 0 aliphatic heterocycles. The van der Waals surface area contributed by atoms with E-state index < -0.39 is 24.2 Å². The first kappa shape index (κ1) is 46.1. The van der Waals surface area contributed by atoms with E-state index in [0.29, 0.717) is 12.8 Å². The summed E-state index contributed by atoms with van der Waals surface area (Å²) in [6.07, 6.45) is 33.1. The maximum atomic E-state index is 12.9. The van der Waals surface area contributed by atoms with Crippen molar-refractivity contribution in [2.75, 3.05) is 13.2 Å². The van der Waals surface area contributed by atoms with Crippen LogP contribution in [0.5, 0.6) is 0 Å². The van der Waals surface area contributed by atoms with Crippen LogP contribution in [0.1, 0.15) is 200 Å². The molecular formula is C39H79N5O4. The number of ether oxygens (including phenoxy) is 1. The van der Waals surface area contributed by atoms with Crippen molar-refractivity contribution >= 4 is 17.8 Å². The summed E-state index contributed by atoms with van der Waals surface area (Å²) in [6.45, 7) is 4.60. The van der Waals surface area contributed by atoms with Crippen molar-refractivity contribution in [1.29, 1.82) is 0 Å². The molecule has 0 radical (unpaired) electrons. The molecule has 0 aliphatic rings. The van der Waals surface area contributed by atoms with E-state index in [1.165, 1.54) is 135 Å². The van der Waals surface area contributed by atoms with Crippen LogP contribution in [0.25, 0.3) is 0 Å². The molecule has 9 nitrogen and oxygen atoms in total. The Morgan fingerprint density at radius 3 is 1.44 bits per heavy atom. The first-order valence-corrected chi connectivity index (χ1v) is 20.3. The summed E-state index contributed by atoms with van der Waals surface area (Å²) in [5.74, 6) is -0.835. The molecule has 0 saturated carbocycles. The molecule has 0 rings (SSSR count). The Morgan fingerprint density at radius 1 is 0.625 bits per heavy atom. The van der Waals surface area contributed by atoms with E-state index in [2.05, 4.69) is 24.2 Å². The lowest BCUT2D eigenvalue weighted by molar-refractivity contribution is -0.149. The number of carbonyl (C=O) groups is 2.